The highest BCUT2D eigenvalue weighted by atomic mass is 16.5. The van der Waals surface area contributed by atoms with Gasteiger partial charge in [0, 0.05) is 25.5 Å². The molecule has 0 aromatic carbocycles. The average Bonchev–Trinajstić information content (AvgIpc) is 2.98. The first-order chi connectivity index (χ1) is 9.36. The minimum absolute atomic E-state index is 0.00105. The van der Waals surface area contributed by atoms with Crippen LogP contribution in [0.25, 0.3) is 0 Å². The van der Waals surface area contributed by atoms with Gasteiger partial charge in [0.15, 0.2) is 18.5 Å². The highest BCUT2D eigenvalue weighted by Gasteiger charge is 2.36. The van der Waals surface area contributed by atoms with Crippen molar-refractivity contribution in [2.75, 3.05) is 26.3 Å². The number of morpholine rings is 1. The lowest BCUT2D eigenvalue weighted by atomic mass is 10.0. The third-order valence-corrected chi connectivity index (χ3v) is 3.33. The van der Waals surface area contributed by atoms with Crippen molar-refractivity contribution in [2.45, 2.75) is 12.1 Å². The minimum atomic E-state index is -0.500. The summed E-state index contributed by atoms with van der Waals surface area (Å²) in [7, 11) is 0. The van der Waals surface area contributed by atoms with Gasteiger partial charge < -0.3 is 14.4 Å². The van der Waals surface area contributed by atoms with Crippen molar-refractivity contribution in [2.24, 2.45) is 4.99 Å². The number of hydrogen-bond donors (Lipinski definition) is 0. The van der Waals surface area contributed by atoms with Crippen LogP contribution in [0.1, 0.15) is 11.7 Å². The molecule has 1 saturated heterocycles. The highest BCUT2D eigenvalue weighted by Crippen LogP contribution is 2.27. The Morgan fingerprint density at radius 2 is 2.00 bits per heavy atom. The maximum Gasteiger partial charge on any atom is 0.251 e. The Kier molecular flexibility index (Phi) is 3.41. The van der Waals surface area contributed by atoms with E-state index in [1.807, 2.05) is 12.1 Å². The lowest BCUT2D eigenvalue weighted by molar-refractivity contribution is -0.138. The standard InChI is InChI=1S/C13H15N3O3/c17-13(16-5-7-18-8-6-16)11-12(19-9-15-11)10-1-3-14-4-2-10/h1-4,9,11-12H,5-8H2. The van der Waals surface area contributed by atoms with Crippen LogP contribution in [-0.4, -0.2) is 54.5 Å². The van der Waals surface area contributed by atoms with Crippen LogP contribution >= 0.6 is 0 Å². The molecule has 0 saturated carbocycles. The Hall–Kier alpha value is -1.95. The fraction of sp³-hybridized carbons (Fsp3) is 0.462. The Labute approximate surface area is 111 Å². The third kappa shape index (κ3) is 2.44. The van der Waals surface area contributed by atoms with E-state index in [4.69, 9.17) is 9.47 Å². The summed E-state index contributed by atoms with van der Waals surface area (Å²) in [5.74, 6) is -0.00105. The van der Waals surface area contributed by atoms with Crippen molar-refractivity contribution < 1.29 is 14.3 Å². The molecule has 2 aliphatic heterocycles. The van der Waals surface area contributed by atoms with E-state index in [-0.39, 0.29) is 12.0 Å². The van der Waals surface area contributed by atoms with Crippen LogP contribution in [0.3, 0.4) is 0 Å². The van der Waals surface area contributed by atoms with Crippen LogP contribution in [0, 0.1) is 0 Å². The molecule has 0 aliphatic carbocycles. The topological polar surface area (TPSA) is 64.0 Å². The van der Waals surface area contributed by atoms with E-state index in [2.05, 4.69) is 9.98 Å². The first-order valence-corrected chi connectivity index (χ1v) is 6.30. The number of amides is 1. The molecule has 1 aromatic heterocycles. The molecule has 2 atom stereocenters. The van der Waals surface area contributed by atoms with Crippen LogP contribution in [0.4, 0.5) is 0 Å². The zero-order valence-electron chi connectivity index (χ0n) is 10.4. The Bertz CT molecular complexity index is 471. The van der Waals surface area contributed by atoms with Crippen molar-refractivity contribution >= 4 is 12.3 Å². The van der Waals surface area contributed by atoms with Gasteiger partial charge in [0.2, 0.25) is 0 Å². The van der Waals surface area contributed by atoms with Crippen LogP contribution in [-0.2, 0) is 14.3 Å². The zero-order chi connectivity index (χ0) is 13.1. The maximum absolute atomic E-state index is 12.4. The molecule has 0 bridgehead atoms. The van der Waals surface area contributed by atoms with Gasteiger partial charge in [-0.1, -0.05) is 0 Å². The number of aliphatic imine (C=N–C) groups is 1. The number of nitrogens with zero attached hydrogens (tertiary/aromatic N) is 3. The number of carbonyl (C=O) groups excluding carboxylic acids is 1. The molecule has 6 nitrogen and oxygen atoms in total. The van der Waals surface area contributed by atoms with Gasteiger partial charge in [-0.3, -0.25) is 9.78 Å². The largest absolute Gasteiger partial charge is 0.473 e. The summed E-state index contributed by atoms with van der Waals surface area (Å²) in [5, 5.41) is 0. The van der Waals surface area contributed by atoms with E-state index in [1.54, 1.807) is 17.3 Å². The van der Waals surface area contributed by atoms with Crippen molar-refractivity contribution in [1.82, 2.24) is 9.88 Å². The molecule has 3 rings (SSSR count). The van der Waals surface area contributed by atoms with Gasteiger partial charge >= 0.3 is 0 Å². The van der Waals surface area contributed by atoms with Crippen molar-refractivity contribution in [3.8, 4) is 0 Å². The summed E-state index contributed by atoms with van der Waals surface area (Å²) in [6, 6.07) is 3.19. The Morgan fingerprint density at radius 1 is 1.26 bits per heavy atom. The number of aromatic nitrogens is 1. The second-order valence-electron chi connectivity index (χ2n) is 4.47. The van der Waals surface area contributed by atoms with Gasteiger partial charge in [0.05, 0.1) is 13.2 Å². The van der Waals surface area contributed by atoms with Gasteiger partial charge in [0.1, 0.15) is 0 Å². The number of hydrogen-bond acceptors (Lipinski definition) is 5. The van der Waals surface area contributed by atoms with Gasteiger partial charge in [-0.15, -0.1) is 0 Å². The number of rotatable bonds is 2. The fourth-order valence-electron chi connectivity index (χ4n) is 2.30. The van der Waals surface area contributed by atoms with Gasteiger partial charge in [-0.25, -0.2) is 4.99 Å². The quantitative estimate of drug-likeness (QED) is 0.773. The molecule has 2 aliphatic rings. The lowest BCUT2D eigenvalue weighted by Crippen LogP contribution is -2.46. The molecule has 3 heterocycles. The van der Waals surface area contributed by atoms with Crippen LogP contribution in [0.2, 0.25) is 0 Å². The van der Waals surface area contributed by atoms with E-state index < -0.39 is 6.04 Å². The fourth-order valence-corrected chi connectivity index (χ4v) is 2.30. The number of ether oxygens (including phenoxy) is 2. The second-order valence-corrected chi connectivity index (χ2v) is 4.47. The summed E-state index contributed by atoms with van der Waals surface area (Å²) in [6.45, 7) is 2.41. The average molecular weight is 261 g/mol. The van der Waals surface area contributed by atoms with E-state index in [1.165, 1.54) is 6.40 Å². The molecule has 100 valence electrons. The van der Waals surface area contributed by atoms with E-state index in [0.29, 0.717) is 26.3 Å². The van der Waals surface area contributed by atoms with Crippen LogP contribution in [0.5, 0.6) is 0 Å². The van der Waals surface area contributed by atoms with Crippen LogP contribution < -0.4 is 0 Å². The molecule has 19 heavy (non-hydrogen) atoms. The predicted molar refractivity (Wildman–Crippen MR) is 67.7 cm³/mol. The Balaban J connectivity index is 1.75. The summed E-state index contributed by atoms with van der Waals surface area (Å²) in [6.07, 6.45) is 4.40. The Morgan fingerprint density at radius 3 is 2.74 bits per heavy atom. The summed E-state index contributed by atoms with van der Waals surface area (Å²) >= 11 is 0. The number of carbonyl (C=O) groups is 1. The van der Waals surface area contributed by atoms with Crippen molar-refractivity contribution in [3.05, 3.63) is 30.1 Å². The third-order valence-electron chi connectivity index (χ3n) is 3.33. The molecule has 0 spiro atoms. The predicted octanol–water partition coefficient (Wildman–Crippen LogP) is 0.409. The monoisotopic (exact) mass is 261 g/mol. The molecule has 6 heteroatoms. The first kappa shape index (κ1) is 12.1. The SMILES string of the molecule is O=C(C1N=COC1c1ccncc1)N1CCOCC1. The summed E-state index contributed by atoms with van der Waals surface area (Å²) < 4.78 is 10.7. The van der Waals surface area contributed by atoms with Crippen LogP contribution in [0.15, 0.2) is 29.5 Å². The van der Waals surface area contributed by atoms with Gasteiger partial charge in [-0.2, -0.15) is 0 Å². The van der Waals surface area contributed by atoms with Crippen molar-refractivity contribution in [3.63, 3.8) is 0 Å². The molecule has 0 N–H and O–H groups in total. The zero-order valence-corrected chi connectivity index (χ0v) is 10.4. The molecule has 1 aromatic rings. The molecule has 1 fully saturated rings. The van der Waals surface area contributed by atoms with Gasteiger partial charge in [-0.05, 0) is 17.7 Å². The summed E-state index contributed by atoms with van der Waals surface area (Å²) in [5.41, 5.74) is 0.916. The molecular weight excluding hydrogens is 246 g/mol. The molecule has 2 unspecified atom stereocenters. The lowest BCUT2D eigenvalue weighted by Gasteiger charge is -2.29. The highest BCUT2D eigenvalue weighted by molar-refractivity contribution is 5.85. The van der Waals surface area contributed by atoms with E-state index in [9.17, 15) is 4.79 Å². The van der Waals surface area contributed by atoms with E-state index in [0.717, 1.165) is 5.56 Å². The van der Waals surface area contributed by atoms with Gasteiger partial charge in [0.25, 0.3) is 5.91 Å². The first-order valence-electron chi connectivity index (χ1n) is 6.30. The minimum Gasteiger partial charge on any atom is -0.473 e. The second kappa shape index (κ2) is 5.36. The van der Waals surface area contributed by atoms with E-state index >= 15 is 0 Å². The number of pyridine rings is 1. The molecule has 1 amide bonds. The smallest absolute Gasteiger partial charge is 0.251 e. The molecule has 0 radical (unpaired) electrons. The maximum atomic E-state index is 12.4. The normalized spacial score (nSPS) is 26.2. The molecular formula is C13H15N3O3. The summed E-state index contributed by atoms with van der Waals surface area (Å²) in [4.78, 5) is 22.4. The van der Waals surface area contributed by atoms with Crippen molar-refractivity contribution in [1.29, 1.82) is 0 Å².